The van der Waals surface area contributed by atoms with Crippen molar-refractivity contribution in [2.45, 2.75) is 6.92 Å². The van der Waals surface area contributed by atoms with Crippen LogP contribution in [0, 0.1) is 0 Å². The van der Waals surface area contributed by atoms with Gasteiger partial charge in [0.25, 0.3) is 0 Å². The van der Waals surface area contributed by atoms with Crippen LogP contribution in [0.25, 0.3) is 0 Å². The molecular formula is C12H18N2O4S. The van der Waals surface area contributed by atoms with Gasteiger partial charge in [-0.1, -0.05) is 6.07 Å². The van der Waals surface area contributed by atoms with Crippen LogP contribution in [0.2, 0.25) is 0 Å². The van der Waals surface area contributed by atoms with Crippen molar-refractivity contribution in [3.63, 3.8) is 0 Å². The fourth-order valence-electron chi connectivity index (χ4n) is 1.55. The number of hydrogen-bond acceptors (Lipinski definition) is 4. The second kappa shape index (κ2) is 6.42. The molecule has 0 fully saturated rings. The van der Waals surface area contributed by atoms with Gasteiger partial charge < -0.3 is 10.1 Å². The van der Waals surface area contributed by atoms with Crippen LogP contribution in [0.1, 0.15) is 6.92 Å². The molecule has 6 nitrogen and oxygen atoms in total. The quantitative estimate of drug-likeness (QED) is 0.831. The lowest BCUT2D eigenvalue weighted by atomic mass is 10.3. The van der Waals surface area contributed by atoms with Crippen molar-refractivity contribution in [1.29, 1.82) is 0 Å². The third kappa shape index (κ3) is 4.44. The molecule has 0 aromatic heterocycles. The van der Waals surface area contributed by atoms with E-state index in [0.29, 0.717) is 18.0 Å². The third-order valence-electron chi connectivity index (χ3n) is 2.40. The first kappa shape index (κ1) is 15.3. The summed E-state index contributed by atoms with van der Waals surface area (Å²) >= 11 is 0. The van der Waals surface area contributed by atoms with Gasteiger partial charge in [0.1, 0.15) is 12.3 Å². The first-order valence-electron chi connectivity index (χ1n) is 5.77. The number of carbonyl (C=O) groups excluding carboxylic acids is 1. The molecule has 0 bridgehead atoms. The van der Waals surface area contributed by atoms with E-state index < -0.39 is 10.0 Å². The van der Waals surface area contributed by atoms with E-state index in [1.807, 2.05) is 0 Å². The van der Waals surface area contributed by atoms with E-state index in [4.69, 9.17) is 4.74 Å². The lowest BCUT2D eigenvalue weighted by Gasteiger charge is -2.22. The molecule has 0 aliphatic rings. The molecule has 0 heterocycles. The van der Waals surface area contributed by atoms with Crippen LogP contribution in [-0.4, -0.2) is 40.8 Å². The number of anilines is 1. The molecule has 0 saturated carbocycles. The topological polar surface area (TPSA) is 75.7 Å². The Kier molecular flexibility index (Phi) is 5.17. The van der Waals surface area contributed by atoms with Crippen LogP contribution in [-0.2, 0) is 14.8 Å². The normalized spacial score (nSPS) is 10.9. The summed E-state index contributed by atoms with van der Waals surface area (Å²) in [6.45, 7) is 1.97. The molecular weight excluding hydrogens is 268 g/mol. The van der Waals surface area contributed by atoms with Crippen LogP contribution in [0.3, 0.4) is 0 Å². The minimum Gasteiger partial charge on any atom is -0.497 e. The molecule has 0 radical (unpaired) electrons. The SMILES string of the molecule is CCNC(=O)CN(c1cccc(OC)c1)S(C)(=O)=O. The Morgan fingerprint density at radius 1 is 1.42 bits per heavy atom. The Bertz CT molecular complexity index is 542. The molecule has 1 aromatic carbocycles. The van der Waals surface area contributed by atoms with Gasteiger partial charge in [-0.3, -0.25) is 9.10 Å². The van der Waals surface area contributed by atoms with E-state index >= 15 is 0 Å². The summed E-state index contributed by atoms with van der Waals surface area (Å²) in [7, 11) is -2.05. The van der Waals surface area contributed by atoms with Gasteiger partial charge in [0, 0.05) is 12.6 Å². The van der Waals surface area contributed by atoms with Gasteiger partial charge in [0.2, 0.25) is 15.9 Å². The highest BCUT2D eigenvalue weighted by Crippen LogP contribution is 2.22. The number of rotatable bonds is 6. The van der Waals surface area contributed by atoms with Crippen LogP contribution >= 0.6 is 0 Å². The van der Waals surface area contributed by atoms with Crippen LogP contribution in [0.15, 0.2) is 24.3 Å². The molecule has 0 unspecified atom stereocenters. The number of amides is 1. The minimum atomic E-state index is -3.54. The number of nitrogens with zero attached hydrogens (tertiary/aromatic N) is 1. The summed E-state index contributed by atoms with van der Waals surface area (Å²) in [5.41, 5.74) is 0.396. The van der Waals surface area contributed by atoms with Gasteiger partial charge in [0.05, 0.1) is 19.1 Å². The summed E-state index contributed by atoms with van der Waals surface area (Å²) in [5, 5.41) is 2.57. The van der Waals surface area contributed by atoms with E-state index in [9.17, 15) is 13.2 Å². The van der Waals surface area contributed by atoms with Crippen molar-refractivity contribution >= 4 is 21.6 Å². The van der Waals surface area contributed by atoms with Crippen molar-refractivity contribution < 1.29 is 17.9 Å². The van der Waals surface area contributed by atoms with Crippen molar-refractivity contribution in [1.82, 2.24) is 5.32 Å². The van der Waals surface area contributed by atoms with E-state index in [2.05, 4.69) is 5.32 Å². The minimum absolute atomic E-state index is 0.250. The molecule has 1 aromatic rings. The smallest absolute Gasteiger partial charge is 0.240 e. The molecule has 1 amide bonds. The molecule has 0 aliphatic carbocycles. The standard InChI is InChI=1S/C12H18N2O4S/c1-4-13-12(15)9-14(19(3,16)17)10-6-5-7-11(8-10)18-2/h5-8H,4,9H2,1-3H3,(H,13,15). The first-order chi connectivity index (χ1) is 8.88. The molecule has 0 aliphatic heterocycles. The number of likely N-dealkylation sites (N-methyl/N-ethyl adjacent to an activating group) is 1. The number of carbonyl (C=O) groups is 1. The zero-order valence-electron chi connectivity index (χ0n) is 11.2. The fraction of sp³-hybridized carbons (Fsp3) is 0.417. The molecule has 1 rings (SSSR count). The number of methoxy groups -OCH3 is 1. The molecule has 7 heteroatoms. The maximum atomic E-state index is 11.8. The summed E-state index contributed by atoms with van der Waals surface area (Å²) in [4.78, 5) is 11.6. The monoisotopic (exact) mass is 286 g/mol. The van der Waals surface area contributed by atoms with E-state index in [-0.39, 0.29) is 12.5 Å². The Morgan fingerprint density at radius 2 is 2.11 bits per heavy atom. The number of ether oxygens (including phenoxy) is 1. The molecule has 0 saturated heterocycles. The van der Waals surface area contributed by atoms with Crippen molar-refractivity contribution in [3.05, 3.63) is 24.3 Å². The van der Waals surface area contributed by atoms with Crippen molar-refractivity contribution in [2.75, 3.05) is 30.8 Å². The second-order valence-electron chi connectivity index (χ2n) is 3.92. The highest BCUT2D eigenvalue weighted by Gasteiger charge is 2.20. The Labute approximate surface area is 113 Å². The number of hydrogen-bond donors (Lipinski definition) is 1. The molecule has 19 heavy (non-hydrogen) atoms. The first-order valence-corrected chi connectivity index (χ1v) is 7.61. The van der Waals surface area contributed by atoms with E-state index in [1.165, 1.54) is 7.11 Å². The largest absolute Gasteiger partial charge is 0.497 e. The Morgan fingerprint density at radius 3 is 2.63 bits per heavy atom. The Hall–Kier alpha value is -1.76. The van der Waals surface area contributed by atoms with Crippen LogP contribution in [0.5, 0.6) is 5.75 Å². The summed E-state index contributed by atoms with van der Waals surface area (Å²) < 4.78 is 29.6. The molecule has 0 atom stereocenters. The average Bonchev–Trinajstić information content (AvgIpc) is 2.35. The number of benzene rings is 1. The predicted molar refractivity (Wildman–Crippen MR) is 73.9 cm³/mol. The van der Waals surface area contributed by atoms with Gasteiger partial charge in [-0.2, -0.15) is 0 Å². The second-order valence-corrected chi connectivity index (χ2v) is 5.83. The van der Waals surface area contributed by atoms with Crippen molar-refractivity contribution in [2.24, 2.45) is 0 Å². The summed E-state index contributed by atoms with van der Waals surface area (Å²) in [5.74, 6) is 0.179. The van der Waals surface area contributed by atoms with Crippen LogP contribution in [0.4, 0.5) is 5.69 Å². The van der Waals surface area contributed by atoms with E-state index in [0.717, 1.165) is 10.6 Å². The van der Waals surface area contributed by atoms with Gasteiger partial charge in [-0.25, -0.2) is 8.42 Å². The van der Waals surface area contributed by atoms with Crippen molar-refractivity contribution in [3.8, 4) is 5.75 Å². The summed E-state index contributed by atoms with van der Waals surface area (Å²) in [6.07, 6.45) is 1.06. The summed E-state index contributed by atoms with van der Waals surface area (Å²) in [6, 6.07) is 6.56. The molecule has 1 N–H and O–H groups in total. The average molecular weight is 286 g/mol. The highest BCUT2D eigenvalue weighted by molar-refractivity contribution is 7.92. The van der Waals surface area contributed by atoms with Crippen LogP contribution < -0.4 is 14.4 Å². The lowest BCUT2D eigenvalue weighted by molar-refractivity contribution is -0.119. The zero-order valence-corrected chi connectivity index (χ0v) is 12.0. The number of nitrogens with one attached hydrogen (secondary N) is 1. The zero-order chi connectivity index (χ0) is 14.5. The van der Waals surface area contributed by atoms with Gasteiger partial charge in [-0.05, 0) is 19.1 Å². The lowest BCUT2D eigenvalue weighted by Crippen LogP contribution is -2.40. The van der Waals surface area contributed by atoms with Gasteiger partial charge in [-0.15, -0.1) is 0 Å². The molecule has 106 valence electrons. The maximum absolute atomic E-state index is 11.8. The van der Waals surface area contributed by atoms with Gasteiger partial charge >= 0.3 is 0 Å². The number of sulfonamides is 1. The van der Waals surface area contributed by atoms with Gasteiger partial charge in [0.15, 0.2) is 0 Å². The molecule has 0 spiro atoms. The highest BCUT2D eigenvalue weighted by atomic mass is 32.2. The predicted octanol–water partition coefficient (Wildman–Crippen LogP) is 0.597. The third-order valence-corrected chi connectivity index (χ3v) is 3.54. The van der Waals surface area contributed by atoms with E-state index in [1.54, 1.807) is 31.2 Å². The fourth-order valence-corrected chi connectivity index (χ4v) is 2.40. The maximum Gasteiger partial charge on any atom is 0.240 e. The Balaban J connectivity index is 3.07.